The Hall–Kier alpha value is -4.54. The zero-order valence-electron chi connectivity index (χ0n) is 18.9. The van der Waals surface area contributed by atoms with E-state index in [2.05, 4.69) is 20.9 Å². The Morgan fingerprint density at radius 3 is 2.59 bits per heavy atom. The molecule has 2 N–H and O–H groups in total. The molecule has 0 spiro atoms. The molecule has 3 aromatic rings. The molecule has 1 aromatic heterocycles. The Morgan fingerprint density at radius 1 is 1.21 bits per heavy atom. The third kappa shape index (κ3) is 5.82. The van der Waals surface area contributed by atoms with Gasteiger partial charge in [-0.25, -0.2) is 5.43 Å². The summed E-state index contributed by atoms with van der Waals surface area (Å²) in [6.45, 7) is 3.26. The van der Waals surface area contributed by atoms with Crippen molar-refractivity contribution in [1.29, 1.82) is 0 Å². The fourth-order valence-corrected chi connectivity index (χ4v) is 3.34. The SMILES string of the molecule is COc1ccc(/C=N/NC(=O)CNC(=O)c2ccccc2)cc1Cn1nc(C)c([N+](=O)[O-])c1C. The van der Waals surface area contributed by atoms with Gasteiger partial charge in [-0.15, -0.1) is 0 Å². The molecule has 0 radical (unpaired) electrons. The van der Waals surface area contributed by atoms with E-state index in [0.717, 1.165) is 5.56 Å². The number of carbonyl (C=O) groups is 2. The lowest BCUT2D eigenvalue weighted by molar-refractivity contribution is -0.386. The molecule has 11 nitrogen and oxygen atoms in total. The lowest BCUT2D eigenvalue weighted by atomic mass is 10.1. The average molecular weight is 464 g/mol. The number of ether oxygens (including phenoxy) is 1. The van der Waals surface area contributed by atoms with E-state index < -0.39 is 10.8 Å². The number of carbonyl (C=O) groups excluding carboxylic acids is 2. The van der Waals surface area contributed by atoms with E-state index in [0.29, 0.717) is 28.3 Å². The van der Waals surface area contributed by atoms with Crippen molar-refractivity contribution in [2.24, 2.45) is 5.10 Å². The van der Waals surface area contributed by atoms with Crippen molar-refractivity contribution < 1.29 is 19.2 Å². The lowest BCUT2D eigenvalue weighted by Crippen LogP contribution is -2.34. The maximum Gasteiger partial charge on any atom is 0.312 e. The molecule has 34 heavy (non-hydrogen) atoms. The van der Waals surface area contributed by atoms with Crippen LogP contribution in [0.2, 0.25) is 0 Å². The van der Waals surface area contributed by atoms with E-state index in [4.69, 9.17) is 4.74 Å². The van der Waals surface area contributed by atoms with Gasteiger partial charge in [-0.3, -0.25) is 24.4 Å². The fourth-order valence-electron chi connectivity index (χ4n) is 3.34. The van der Waals surface area contributed by atoms with Gasteiger partial charge in [-0.1, -0.05) is 18.2 Å². The van der Waals surface area contributed by atoms with Gasteiger partial charge in [0, 0.05) is 11.1 Å². The summed E-state index contributed by atoms with van der Waals surface area (Å²) in [5.74, 6) is -0.256. The minimum Gasteiger partial charge on any atom is -0.496 e. The molecule has 0 unspecified atom stereocenters. The molecule has 2 aromatic carbocycles. The van der Waals surface area contributed by atoms with Crippen LogP contribution in [0.15, 0.2) is 53.6 Å². The number of hydrogen-bond acceptors (Lipinski definition) is 7. The second kappa shape index (κ2) is 10.9. The average Bonchev–Trinajstić information content (AvgIpc) is 3.11. The minimum absolute atomic E-state index is 0.0150. The van der Waals surface area contributed by atoms with E-state index in [1.165, 1.54) is 13.3 Å². The summed E-state index contributed by atoms with van der Waals surface area (Å²) in [5, 5.41) is 22.0. The molecule has 0 aliphatic rings. The summed E-state index contributed by atoms with van der Waals surface area (Å²) in [6.07, 6.45) is 1.45. The van der Waals surface area contributed by atoms with Crippen LogP contribution in [0.25, 0.3) is 0 Å². The number of aromatic nitrogens is 2. The summed E-state index contributed by atoms with van der Waals surface area (Å²) >= 11 is 0. The second-order valence-corrected chi connectivity index (χ2v) is 7.35. The molecule has 3 rings (SSSR count). The Balaban J connectivity index is 1.64. The first-order valence-corrected chi connectivity index (χ1v) is 10.3. The fraction of sp³-hybridized carbons (Fsp3) is 0.217. The van der Waals surface area contributed by atoms with Gasteiger partial charge in [0.05, 0.1) is 31.3 Å². The first kappa shape index (κ1) is 24.1. The predicted molar refractivity (Wildman–Crippen MR) is 125 cm³/mol. The van der Waals surface area contributed by atoms with Crippen LogP contribution in [0.1, 0.15) is 32.9 Å². The normalized spacial score (nSPS) is 10.8. The number of benzene rings is 2. The van der Waals surface area contributed by atoms with Gasteiger partial charge in [0.25, 0.3) is 11.8 Å². The van der Waals surface area contributed by atoms with Crippen LogP contribution >= 0.6 is 0 Å². The van der Waals surface area contributed by atoms with Crippen LogP contribution in [-0.4, -0.2) is 46.4 Å². The van der Waals surface area contributed by atoms with Gasteiger partial charge in [-0.2, -0.15) is 10.2 Å². The Labute approximate surface area is 195 Å². The lowest BCUT2D eigenvalue weighted by Gasteiger charge is -2.10. The molecule has 0 saturated heterocycles. The van der Waals surface area contributed by atoms with Crippen LogP contribution < -0.4 is 15.5 Å². The van der Waals surface area contributed by atoms with Crippen LogP contribution in [0.4, 0.5) is 5.69 Å². The standard InChI is InChI=1S/C23H24N6O5/c1-15-22(29(32)33)16(2)28(27-15)14-19-11-17(9-10-20(19)34-3)12-25-26-21(30)13-24-23(31)18-7-5-4-6-8-18/h4-12H,13-14H2,1-3H3,(H,24,31)(H,26,30)/b25-12+. The topological polar surface area (TPSA) is 141 Å². The largest absolute Gasteiger partial charge is 0.496 e. The highest BCUT2D eigenvalue weighted by atomic mass is 16.6. The van der Waals surface area contributed by atoms with Gasteiger partial charge in [-0.05, 0) is 49.7 Å². The molecule has 0 bridgehead atoms. The molecule has 0 atom stereocenters. The molecule has 0 fully saturated rings. The first-order valence-electron chi connectivity index (χ1n) is 10.3. The number of nitro groups is 1. The molecule has 0 saturated carbocycles. The number of hydrogen-bond donors (Lipinski definition) is 2. The minimum atomic E-state index is -0.482. The van der Waals surface area contributed by atoms with E-state index in [1.807, 2.05) is 0 Å². The van der Waals surface area contributed by atoms with Crippen molar-refractivity contribution in [2.75, 3.05) is 13.7 Å². The van der Waals surface area contributed by atoms with E-state index in [1.54, 1.807) is 67.1 Å². The Morgan fingerprint density at radius 2 is 1.94 bits per heavy atom. The molecule has 176 valence electrons. The molecule has 11 heteroatoms. The van der Waals surface area contributed by atoms with Gasteiger partial charge < -0.3 is 10.1 Å². The zero-order chi connectivity index (χ0) is 24.7. The summed E-state index contributed by atoms with van der Waals surface area (Å²) in [4.78, 5) is 34.8. The summed E-state index contributed by atoms with van der Waals surface area (Å²) in [7, 11) is 1.53. The van der Waals surface area contributed by atoms with Crippen molar-refractivity contribution in [3.8, 4) is 5.75 Å². The van der Waals surface area contributed by atoms with Gasteiger partial charge in [0.15, 0.2) is 0 Å². The monoisotopic (exact) mass is 464 g/mol. The predicted octanol–water partition coefficient (Wildman–Crippen LogP) is 2.35. The number of methoxy groups -OCH3 is 1. The van der Waals surface area contributed by atoms with Crippen molar-refractivity contribution >= 4 is 23.7 Å². The zero-order valence-corrected chi connectivity index (χ0v) is 18.9. The molecule has 2 amide bonds. The number of nitrogens with zero attached hydrogens (tertiary/aromatic N) is 4. The second-order valence-electron chi connectivity index (χ2n) is 7.35. The van der Waals surface area contributed by atoms with Crippen LogP contribution in [-0.2, 0) is 11.3 Å². The summed E-state index contributed by atoms with van der Waals surface area (Å²) < 4.78 is 6.95. The Kier molecular flexibility index (Phi) is 7.70. The first-order chi connectivity index (χ1) is 16.3. The molecule has 0 aliphatic heterocycles. The highest BCUT2D eigenvalue weighted by Crippen LogP contribution is 2.25. The number of hydrazone groups is 1. The summed E-state index contributed by atoms with van der Waals surface area (Å²) in [5.41, 5.74) is 4.97. The van der Waals surface area contributed by atoms with E-state index in [9.17, 15) is 19.7 Å². The van der Waals surface area contributed by atoms with E-state index >= 15 is 0 Å². The third-order valence-corrected chi connectivity index (χ3v) is 5.00. The number of aryl methyl sites for hydroxylation is 1. The highest BCUT2D eigenvalue weighted by molar-refractivity contribution is 5.96. The van der Waals surface area contributed by atoms with Crippen LogP contribution in [0.3, 0.4) is 0 Å². The van der Waals surface area contributed by atoms with Gasteiger partial charge >= 0.3 is 5.69 Å². The van der Waals surface area contributed by atoms with Gasteiger partial charge in [0.1, 0.15) is 17.1 Å². The highest BCUT2D eigenvalue weighted by Gasteiger charge is 2.22. The quantitative estimate of drug-likeness (QED) is 0.283. The maximum absolute atomic E-state index is 12.0. The van der Waals surface area contributed by atoms with Gasteiger partial charge in [0.2, 0.25) is 0 Å². The maximum atomic E-state index is 12.0. The Bertz CT molecular complexity index is 1240. The third-order valence-electron chi connectivity index (χ3n) is 5.00. The smallest absolute Gasteiger partial charge is 0.312 e. The van der Waals surface area contributed by atoms with Crippen molar-refractivity contribution in [3.63, 3.8) is 0 Å². The number of rotatable bonds is 9. The van der Waals surface area contributed by atoms with E-state index in [-0.39, 0.29) is 24.7 Å². The molecular formula is C23H24N6O5. The molecule has 1 heterocycles. The van der Waals surface area contributed by atoms with Crippen molar-refractivity contribution in [3.05, 3.63) is 86.7 Å². The number of nitrogens with one attached hydrogen (secondary N) is 2. The van der Waals surface area contributed by atoms with Crippen LogP contribution in [0.5, 0.6) is 5.75 Å². The van der Waals surface area contributed by atoms with Crippen molar-refractivity contribution in [2.45, 2.75) is 20.4 Å². The van der Waals surface area contributed by atoms with Crippen LogP contribution in [0, 0.1) is 24.0 Å². The van der Waals surface area contributed by atoms with Crippen molar-refractivity contribution in [1.82, 2.24) is 20.5 Å². The molecular weight excluding hydrogens is 440 g/mol. The number of amides is 2. The molecule has 0 aliphatic carbocycles. The summed E-state index contributed by atoms with van der Waals surface area (Å²) in [6, 6.07) is 13.8.